The van der Waals surface area contributed by atoms with Crippen LogP contribution in [0.25, 0.3) is 11.3 Å². The number of ether oxygens (including phenoxy) is 1. The van der Waals surface area contributed by atoms with Gasteiger partial charge in [-0.05, 0) is 24.3 Å². The van der Waals surface area contributed by atoms with Crippen molar-refractivity contribution in [2.45, 2.75) is 0 Å². The van der Waals surface area contributed by atoms with Gasteiger partial charge in [-0.2, -0.15) is 0 Å². The van der Waals surface area contributed by atoms with Gasteiger partial charge in [-0.15, -0.1) is 10.2 Å². The average Bonchev–Trinajstić information content (AvgIpc) is 2.46. The van der Waals surface area contributed by atoms with E-state index in [9.17, 15) is 4.79 Å². The SMILES string of the molecule is COC(=O)CNc1ccc(-c2ccc(Br)cc2)nn1. The normalized spacial score (nSPS) is 10.0. The predicted molar refractivity (Wildman–Crippen MR) is 75.7 cm³/mol. The van der Waals surface area contributed by atoms with Crippen LogP contribution in [-0.2, 0) is 9.53 Å². The molecule has 0 spiro atoms. The molecule has 19 heavy (non-hydrogen) atoms. The number of nitrogens with one attached hydrogen (secondary N) is 1. The van der Waals surface area contributed by atoms with Crippen LogP contribution in [0.4, 0.5) is 5.82 Å². The Labute approximate surface area is 119 Å². The van der Waals surface area contributed by atoms with Gasteiger partial charge < -0.3 is 10.1 Å². The van der Waals surface area contributed by atoms with Crippen LogP contribution < -0.4 is 5.32 Å². The molecule has 1 aromatic heterocycles. The van der Waals surface area contributed by atoms with Crippen LogP contribution in [-0.4, -0.2) is 29.8 Å². The lowest BCUT2D eigenvalue weighted by molar-refractivity contribution is -0.138. The minimum Gasteiger partial charge on any atom is -0.468 e. The first-order valence-corrected chi connectivity index (χ1v) is 6.38. The zero-order valence-electron chi connectivity index (χ0n) is 10.3. The van der Waals surface area contributed by atoms with Crippen LogP contribution in [0, 0.1) is 0 Å². The first-order valence-electron chi connectivity index (χ1n) is 5.59. The molecule has 5 nitrogen and oxygen atoms in total. The summed E-state index contributed by atoms with van der Waals surface area (Å²) in [6.45, 7) is 0.0722. The van der Waals surface area contributed by atoms with Crippen LogP contribution in [0.2, 0.25) is 0 Å². The molecule has 2 rings (SSSR count). The summed E-state index contributed by atoms with van der Waals surface area (Å²) >= 11 is 3.38. The molecule has 0 saturated carbocycles. The van der Waals surface area contributed by atoms with E-state index in [1.807, 2.05) is 30.3 Å². The standard InChI is InChI=1S/C13H12BrN3O2/c1-19-13(18)8-15-12-7-6-11(16-17-12)9-2-4-10(14)5-3-9/h2-7H,8H2,1H3,(H,15,17). The van der Waals surface area contributed by atoms with E-state index in [1.54, 1.807) is 6.07 Å². The molecule has 0 aliphatic carbocycles. The van der Waals surface area contributed by atoms with Crippen LogP contribution in [0.1, 0.15) is 0 Å². The number of anilines is 1. The highest BCUT2D eigenvalue weighted by Gasteiger charge is 2.03. The average molecular weight is 322 g/mol. The van der Waals surface area contributed by atoms with Crippen LogP contribution in [0.5, 0.6) is 0 Å². The zero-order valence-corrected chi connectivity index (χ0v) is 11.8. The van der Waals surface area contributed by atoms with Gasteiger partial charge in [0.05, 0.1) is 12.8 Å². The van der Waals surface area contributed by atoms with Gasteiger partial charge in [0.15, 0.2) is 0 Å². The lowest BCUT2D eigenvalue weighted by Crippen LogP contribution is -2.15. The molecule has 0 aliphatic heterocycles. The molecule has 1 heterocycles. The Morgan fingerprint density at radius 2 is 1.95 bits per heavy atom. The third kappa shape index (κ3) is 3.75. The fourth-order valence-electron chi connectivity index (χ4n) is 1.44. The van der Waals surface area contributed by atoms with Crippen molar-refractivity contribution >= 4 is 27.7 Å². The summed E-state index contributed by atoms with van der Waals surface area (Å²) in [6, 6.07) is 11.4. The van der Waals surface area contributed by atoms with Crippen LogP contribution in [0.15, 0.2) is 40.9 Å². The predicted octanol–water partition coefficient (Wildman–Crippen LogP) is 2.49. The van der Waals surface area contributed by atoms with E-state index in [1.165, 1.54) is 7.11 Å². The van der Waals surface area contributed by atoms with Gasteiger partial charge in [0.25, 0.3) is 0 Å². The number of carbonyl (C=O) groups is 1. The van der Waals surface area contributed by atoms with Gasteiger partial charge in [-0.25, -0.2) is 0 Å². The van der Waals surface area contributed by atoms with Crippen molar-refractivity contribution in [3.8, 4) is 11.3 Å². The largest absolute Gasteiger partial charge is 0.468 e. The molecule has 1 N–H and O–H groups in total. The highest BCUT2D eigenvalue weighted by Crippen LogP contribution is 2.19. The maximum absolute atomic E-state index is 11.0. The summed E-state index contributed by atoms with van der Waals surface area (Å²) in [6.07, 6.45) is 0. The quantitative estimate of drug-likeness (QED) is 0.876. The molecule has 98 valence electrons. The van der Waals surface area contributed by atoms with Gasteiger partial charge in [0, 0.05) is 10.0 Å². The Kier molecular flexibility index (Phi) is 4.46. The first kappa shape index (κ1) is 13.5. The molecule has 2 aromatic rings. The van der Waals surface area contributed by atoms with Crippen molar-refractivity contribution in [3.05, 3.63) is 40.9 Å². The topological polar surface area (TPSA) is 64.1 Å². The Balaban J connectivity index is 2.06. The van der Waals surface area contributed by atoms with Gasteiger partial charge >= 0.3 is 5.97 Å². The minimum absolute atomic E-state index is 0.0722. The molecule has 0 amide bonds. The molecule has 0 aliphatic rings. The summed E-state index contributed by atoms with van der Waals surface area (Å²) < 4.78 is 5.54. The second-order valence-electron chi connectivity index (χ2n) is 3.74. The summed E-state index contributed by atoms with van der Waals surface area (Å²) in [7, 11) is 1.34. The number of benzene rings is 1. The van der Waals surface area contributed by atoms with Crippen molar-refractivity contribution in [1.82, 2.24) is 10.2 Å². The highest BCUT2D eigenvalue weighted by atomic mass is 79.9. The number of methoxy groups -OCH3 is 1. The molecule has 6 heteroatoms. The van der Waals surface area contributed by atoms with Gasteiger partial charge in [0.2, 0.25) is 0 Å². The molecular weight excluding hydrogens is 310 g/mol. The molecule has 0 atom stereocenters. The van der Waals surface area contributed by atoms with Crippen molar-refractivity contribution in [1.29, 1.82) is 0 Å². The first-order chi connectivity index (χ1) is 9.19. The number of halogens is 1. The van der Waals surface area contributed by atoms with Crippen molar-refractivity contribution in [2.24, 2.45) is 0 Å². The molecule has 0 radical (unpaired) electrons. The summed E-state index contributed by atoms with van der Waals surface area (Å²) in [5.41, 5.74) is 1.76. The maximum atomic E-state index is 11.0. The van der Waals surface area contributed by atoms with Gasteiger partial charge in [-0.3, -0.25) is 4.79 Å². The Hall–Kier alpha value is -1.95. The van der Waals surface area contributed by atoms with Gasteiger partial charge in [-0.1, -0.05) is 28.1 Å². The zero-order chi connectivity index (χ0) is 13.7. The lowest BCUT2D eigenvalue weighted by atomic mass is 10.1. The monoisotopic (exact) mass is 321 g/mol. The minimum atomic E-state index is -0.348. The fourth-order valence-corrected chi connectivity index (χ4v) is 1.70. The number of aromatic nitrogens is 2. The number of hydrogen-bond acceptors (Lipinski definition) is 5. The van der Waals surface area contributed by atoms with Crippen LogP contribution >= 0.6 is 15.9 Å². The smallest absolute Gasteiger partial charge is 0.325 e. The highest BCUT2D eigenvalue weighted by molar-refractivity contribution is 9.10. The number of rotatable bonds is 4. The Morgan fingerprint density at radius 1 is 1.21 bits per heavy atom. The van der Waals surface area contributed by atoms with Crippen molar-refractivity contribution in [3.63, 3.8) is 0 Å². The Bertz CT molecular complexity index is 555. The van der Waals surface area contributed by atoms with Crippen molar-refractivity contribution < 1.29 is 9.53 Å². The third-order valence-corrected chi connectivity index (χ3v) is 2.97. The van der Waals surface area contributed by atoms with Crippen LogP contribution in [0.3, 0.4) is 0 Å². The summed E-state index contributed by atoms with van der Waals surface area (Å²) in [5.74, 6) is 0.185. The van der Waals surface area contributed by atoms with E-state index >= 15 is 0 Å². The van der Waals surface area contributed by atoms with Crippen molar-refractivity contribution in [2.75, 3.05) is 19.0 Å². The lowest BCUT2D eigenvalue weighted by Gasteiger charge is -2.04. The third-order valence-electron chi connectivity index (χ3n) is 2.45. The van der Waals surface area contributed by atoms with E-state index in [2.05, 4.69) is 36.2 Å². The van der Waals surface area contributed by atoms with E-state index in [0.717, 1.165) is 15.7 Å². The van der Waals surface area contributed by atoms with E-state index in [-0.39, 0.29) is 12.5 Å². The number of esters is 1. The molecule has 0 unspecified atom stereocenters. The van der Waals surface area contributed by atoms with E-state index in [4.69, 9.17) is 0 Å². The molecule has 0 fully saturated rings. The second-order valence-corrected chi connectivity index (χ2v) is 4.66. The van der Waals surface area contributed by atoms with E-state index < -0.39 is 0 Å². The van der Waals surface area contributed by atoms with Gasteiger partial charge in [0.1, 0.15) is 12.4 Å². The molecular formula is C13H12BrN3O2. The number of nitrogens with zero attached hydrogens (tertiary/aromatic N) is 2. The molecule has 0 saturated heterocycles. The molecule has 1 aromatic carbocycles. The fraction of sp³-hybridized carbons (Fsp3) is 0.154. The molecule has 0 bridgehead atoms. The maximum Gasteiger partial charge on any atom is 0.325 e. The number of hydrogen-bond donors (Lipinski definition) is 1. The van der Waals surface area contributed by atoms with E-state index in [0.29, 0.717) is 5.82 Å². The Morgan fingerprint density at radius 3 is 2.53 bits per heavy atom. The summed E-state index contributed by atoms with van der Waals surface area (Å²) in [4.78, 5) is 11.0. The number of carbonyl (C=O) groups excluding carboxylic acids is 1. The second kappa shape index (κ2) is 6.29. The summed E-state index contributed by atoms with van der Waals surface area (Å²) in [5, 5.41) is 10.9.